The van der Waals surface area contributed by atoms with Gasteiger partial charge in [-0.3, -0.25) is 4.79 Å². The summed E-state index contributed by atoms with van der Waals surface area (Å²) in [6.45, 7) is 0. The number of alkyl halides is 5. The first-order chi connectivity index (χ1) is 6.62. The van der Waals surface area contributed by atoms with Crippen molar-refractivity contribution in [1.29, 1.82) is 0 Å². The lowest BCUT2D eigenvalue weighted by Gasteiger charge is -2.20. The molecular weight excluding hydrogens is 225 g/mol. The largest absolute Gasteiger partial charge is 0.468 e. The molecule has 0 aliphatic heterocycles. The molecule has 15 heavy (non-hydrogen) atoms. The van der Waals surface area contributed by atoms with Gasteiger partial charge < -0.3 is 10.5 Å². The molecule has 0 rings (SSSR count). The molecule has 90 valence electrons. The first kappa shape index (κ1) is 14.1. The molecule has 0 bridgehead atoms. The van der Waals surface area contributed by atoms with Crippen LogP contribution in [0.5, 0.6) is 0 Å². The van der Waals surface area contributed by atoms with Crippen LogP contribution < -0.4 is 5.73 Å². The quantitative estimate of drug-likeness (QED) is 0.593. The number of rotatable bonds is 4. The molecule has 1 atom stereocenters. The minimum Gasteiger partial charge on any atom is -0.468 e. The Balaban J connectivity index is 4.22. The van der Waals surface area contributed by atoms with E-state index in [-0.39, 0.29) is 0 Å². The molecule has 0 unspecified atom stereocenters. The van der Waals surface area contributed by atoms with Crippen LogP contribution in [0.2, 0.25) is 0 Å². The average Bonchev–Trinajstić information content (AvgIpc) is 2.11. The number of methoxy groups -OCH3 is 1. The molecule has 0 aromatic carbocycles. The number of hydrogen-bond donors (Lipinski definition) is 1. The number of esters is 1. The summed E-state index contributed by atoms with van der Waals surface area (Å²) in [5.41, 5.74) is 5.00. The number of carbonyl (C=O) groups is 1. The first-order valence-corrected chi connectivity index (χ1v) is 3.90. The van der Waals surface area contributed by atoms with Gasteiger partial charge in [0.15, 0.2) is 0 Å². The number of carbonyl (C=O) groups excluding carboxylic acids is 1. The summed E-state index contributed by atoms with van der Waals surface area (Å²) >= 11 is 0. The van der Waals surface area contributed by atoms with Gasteiger partial charge in [-0.25, -0.2) is 0 Å². The smallest absolute Gasteiger partial charge is 0.453 e. The second-order valence-corrected chi connectivity index (χ2v) is 2.87. The minimum absolute atomic E-state index is 0.792. The van der Waals surface area contributed by atoms with Crippen LogP contribution in [0.1, 0.15) is 12.8 Å². The van der Waals surface area contributed by atoms with Crippen molar-refractivity contribution in [2.24, 2.45) is 5.73 Å². The lowest BCUT2D eigenvalue weighted by Crippen LogP contribution is -2.39. The van der Waals surface area contributed by atoms with E-state index in [0.717, 1.165) is 7.11 Å². The van der Waals surface area contributed by atoms with Gasteiger partial charge in [0.1, 0.15) is 6.04 Å². The topological polar surface area (TPSA) is 52.3 Å². The molecule has 0 aromatic heterocycles. The second-order valence-electron chi connectivity index (χ2n) is 2.87. The van der Waals surface area contributed by atoms with Crippen LogP contribution in [0.25, 0.3) is 0 Å². The van der Waals surface area contributed by atoms with Gasteiger partial charge in [-0.05, 0) is 6.42 Å². The molecule has 2 N–H and O–H groups in total. The predicted molar refractivity (Wildman–Crippen MR) is 40.2 cm³/mol. The van der Waals surface area contributed by atoms with E-state index < -0.39 is 37.0 Å². The van der Waals surface area contributed by atoms with E-state index in [0.29, 0.717) is 0 Å². The van der Waals surface area contributed by atoms with Crippen LogP contribution in [0, 0.1) is 0 Å². The lowest BCUT2D eigenvalue weighted by molar-refractivity contribution is -0.284. The SMILES string of the molecule is COC(=O)[C@@H](N)CCC(F)(F)C(F)(F)F. The Morgan fingerprint density at radius 1 is 1.33 bits per heavy atom. The fourth-order valence-electron chi connectivity index (χ4n) is 0.748. The van der Waals surface area contributed by atoms with Crippen molar-refractivity contribution in [1.82, 2.24) is 0 Å². The molecule has 0 radical (unpaired) electrons. The highest BCUT2D eigenvalue weighted by Crippen LogP contribution is 2.38. The zero-order chi connectivity index (χ0) is 12.3. The van der Waals surface area contributed by atoms with Crippen molar-refractivity contribution in [2.75, 3.05) is 7.11 Å². The normalized spacial score (nSPS) is 14.9. The zero-order valence-corrected chi connectivity index (χ0v) is 7.78. The van der Waals surface area contributed by atoms with Crippen molar-refractivity contribution in [2.45, 2.75) is 31.0 Å². The summed E-state index contributed by atoms with van der Waals surface area (Å²) in [5, 5.41) is 0. The van der Waals surface area contributed by atoms with E-state index >= 15 is 0 Å². The van der Waals surface area contributed by atoms with Crippen LogP contribution in [0.15, 0.2) is 0 Å². The molecule has 0 heterocycles. The fourth-order valence-corrected chi connectivity index (χ4v) is 0.748. The summed E-state index contributed by atoms with van der Waals surface area (Å²) in [5.74, 6) is -5.86. The van der Waals surface area contributed by atoms with Crippen LogP contribution in [-0.4, -0.2) is 31.2 Å². The van der Waals surface area contributed by atoms with Gasteiger partial charge in [0.25, 0.3) is 0 Å². The van der Waals surface area contributed by atoms with Crippen molar-refractivity contribution >= 4 is 5.97 Å². The highest BCUT2D eigenvalue weighted by Gasteiger charge is 2.56. The Hall–Kier alpha value is -0.920. The number of nitrogens with two attached hydrogens (primary N) is 1. The molecular formula is C7H10F5NO2. The summed E-state index contributed by atoms with van der Waals surface area (Å²) < 4.78 is 63.7. The van der Waals surface area contributed by atoms with Gasteiger partial charge in [0, 0.05) is 6.42 Å². The zero-order valence-electron chi connectivity index (χ0n) is 7.78. The van der Waals surface area contributed by atoms with Crippen LogP contribution in [0.3, 0.4) is 0 Å². The molecule has 0 saturated heterocycles. The summed E-state index contributed by atoms with van der Waals surface area (Å²) in [4.78, 5) is 10.6. The maximum Gasteiger partial charge on any atom is 0.453 e. The molecule has 8 heteroatoms. The monoisotopic (exact) mass is 235 g/mol. The van der Waals surface area contributed by atoms with E-state index in [9.17, 15) is 26.7 Å². The standard InChI is InChI=1S/C7H10F5NO2/c1-15-5(14)4(13)2-3-6(8,9)7(10,11)12/h4H,2-3,13H2,1H3/t4-/m0/s1. The summed E-state index contributed by atoms with van der Waals surface area (Å²) in [6, 6.07) is -1.47. The third-order valence-corrected chi connectivity index (χ3v) is 1.69. The maximum atomic E-state index is 12.3. The van der Waals surface area contributed by atoms with E-state index in [1.165, 1.54) is 0 Å². The van der Waals surface area contributed by atoms with Crippen molar-refractivity contribution in [3.63, 3.8) is 0 Å². The van der Waals surface area contributed by atoms with Gasteiger partial charge >= 0.3 is 18.1 Å². The number of ether oxygens (including phenoxy) is 1. The third-order valence-electron chi connectivity index (χ3n) is 1.69. The van der Waals surface area contributed by atoms with Crippen molar-refractivity contribution in [3.05, 3.63) is 0 Å². The Kier molecular flexibility index (Phi) is 4.44. The van der Waals surface area contributed by atoms with Crippen molar-refractivity contribution < 1.29 is 31.5 Å². The molecule has 0 saturated carbocycles. The molecule has 0 aliphatic carbocycles. The second kappa shape index (κ2) is 4.73. The van der Waals surface area contributed by atoms with Gasteiger partial charge in [0.2, 0.25) is 0 Å². The molecule has 0 amide bonds. The molecule has 0 spiro atoms. The lowest BCUT2D eigenvalue weighted by atomic mass is 10.1. The minimum atomic E-state index is -5.62. The molecule has 3 nitrogen and oxygen atoms in total. The average molecular weight is 235 g/mol. The van der Waals surface area contributed by atoms with Crippen LogP contribution in [0.4, 0.5) is 22.0 Å². The van der Waals surface area contributed by atoms with E-state index in [2.05, 4.69) is 4.74 Å². The summed E-state index contributed by atoms with van der Waals surface area (Å²) in [7, 11) is 0.962. The van der Waals surface area contributed by atoms with Crippen LogP contribution in [-0.2, 0) is 9.53 Å². The van der Waals surface area contributed by atoms with Gasteiger partial charge in [-0.2, -0.15) is 22.0 Å². The number of hydrogen-bond acceptors (Lipinski definition) is 3. The highest BCUT2D eigenvalue weighted by atomic mass is 19.4. The van der Waals surface area contributed by atoms with Crippen molar-refractivity contribution in [3.8, 4) is 0 Å². The number of halogens is 5. The maximum absolute atomic E-state index is 12.3. The van der Waals surface area contributed by atoms with Gasteiger partial charge in [0.05, 0.1) is 7.11 Å². The Morgan fingerprint density at radius 2 is 1.80 bits per heavy atom. The van der Waals surface area contributed by atoms with E-state index in [4.69, 9.17) is 5.73 Å². The predicted octanol–water partition coefficient (Wildman–Crippen LogP) is 1.46. The first-order valence-electron chi connectivity index (χ1n) is 3.90. The van der Waals surface area contributed by atoms with Gasteiger partial charge in [-0.1, -0.05) is 0 Å². The summed E-state index contributed by atoms with van der Waals surface area (Å²) in [6.07, 6.45) is -7.95. The molecule has 0 aliphatic rings. The third kappa shape index (κ3) is 3.98. The Morgan fingerprint density at radius 3 is 2.13 bits per heavy atom. The van der Waals surface area contributed by atoms with Gasteiger partial charge in [-0.15, -0.1) is 0 Å². The fraction of sp³-hybridized carbons (Fsp3) is 0.857. The Labute approximate surface area is 82.4 Å². The Bertz CT molecular complexity index is 228. The highest BCUT2D eigenvalue weighted by molar-refractivity contribution is 5.75. The van der Waals surface area contributed by atoms with E-state index in [1.807, 2.05) is 0 Å². The van der Waals surface area contributed by atoms with E-state index in [1.54, 1.807) is 0 Å². The molecule has 0 aromatic rings. The van der Waals surface area contributed by atoms with Crippen LogP contribution >= 0.6 is 0 Å². The molecule has 0 fully saturated rings.